The Bertz CT molecular complexity index is 389. The van der Waals surface area contributed by atoms with Crippen LogP contribution in [0.5, 0.6) is 5.88 Å². The lowest BCUT2D eigenvalue weighted by atomic mass is 10.1. The number of aromatic nitrogens is 1. The smallest absolute Gasteiger partial charge is 0.250 e. The van der Waals surface area contributed by atoms with E-state index in [1.807, 2.05) is 0 Å². The fourth-order valence-electron chi connectivity index (χ4n) is 2.08. The Hall–Kier alpha value is -0.680. The monoisotopic (exact) mass is 302 g/mol. The molecule has 1 heterocycles. The van der Waals surface area contributed by atoms with Gasteiger partial charge < -0.3 is 10.5 Å². The zero-order valence-corrected chi connectivity index (χ0v) is 11.1. The minimum absolute atomic E-state index is 0.0256. The van der Waals surface area contributed by atoms with Crippen LogP contribution in [-0.4, -0.2) is 17.1 Å². The first-order valence-electron chi connectivity index (χ1n) is 5.90. The molecular formula is C12H16BrFN2O. The average molecular weight is 303 g/mol. The standard InChI is InChI=1S/C12H16BrFN2O/c13-8-6-9(14)12(16-7-8)17-11-5-3-1-2-4-10(11)15/h6-7,10-11H,1-5,15H2. The van der Waals surface area contributed by atoms with Gasteiger partial charge in [0.1, 0.15) is 6.10 Å². The predicted octanol–water partition coefficient (Wildman–Crippen LogP) is 3.02. The van der Waals surface area contributed by atoms with Crippen molar-refractivity contribution in [3.8, 4) is 5.88 Å². The maximum Gasteiger partial charge on any atom is 0.250 e. The van der Waals surface area contributed by atoms with Gasteiger partial charge in [0.2, 0.25) is 0 Å². The van der Waals surface area contributed by atoms with E-state index in [4.69, 9.17) is 10.5 Å². The molecule has 1 aromatic heterocycles. The van der Waals surface area contributed by atoms with Crippen LogP contribution in [0.3, 0.4) is 0 Å². The van der Waals surface area contributed by atoms with E-state index in [9.17, 15) is 4.39 Å². The summed E-state index contributed by atoms with van der Waals surface area (Å²) in [5.74, 6) is -0.397. The van der Waals surface area contributed by atoms with Gasteiger partial charge in [-0.2, -0.15) is 0 Å². The largest absolute Gasteiger partial charge is 0.471 e. The number of rotatable bonds is 2. The van der Waals surface area contributed by atoms with Crippen molar-refractivity contribution in [3.05, 3.63) is 22.6 Å². The minimum Gasteiger partial charge on any atom is -0.471 e. The van der Waals surface area contributed by atoms with Crippen LogP contribution >= 0.6 is 15.9 Å². The van der Waals surface area contributed by atoms with E-state index >= 15 is 0 Å². The SMILES string of the molecule is NC1CCCCCC1Oc1ncc(Br)cc1F. The van der Waals surface area contributed by atoms with Crippen molar-refractivity contribution >= 4 is 15.9 Å². The quantitative estimate of drug-likeness (QED) is 0.854. The molecule has 0 saturated heterocycles. The predicted molar refractivity (Wildman–Crippen MR) is 67.4 cm³/mol. The van der Waals surface area contributed by atoms with Gasteiger partial charge in [0.25, 0.3) is 5.88 Å². The maximum atomic E-state index is 13.6. The van der Waals surface area contributed by atoms with Gasteiger partial charge in [0.15, 0.2) is 5.82 Å². The molecule has 0 amide bonds. The summed E-state index contributed by atoms with van der Waals surface area (Å²) in [7, 11) is 0. The highest BCUT2D eigenvalue weighted by molar-refractivity contribution is 9.10. The zero-order valence-electron chi connectivity index (χ0n) is 9.53. The highest BCUT2D eigenvalue weighted by atomic mass is 79.9. The molecule has 2 rings (SSSR count). The molecule has 5 heteroatoms. The molecule has 1 aliphatic carbocycles. The van der Waals surface area contributed by atoms with Gasteiger partial charge in [-0.15, -0.1) is 0 Å². The number of nitrogens with two attached hydrogens (primary N) is 1. The van der Waals surface area contributed by atoms with Crippen molar-refractivity contribution in [3.63, 3.8) is 0 Å². The van der Waals surface area contributed by atoms with Crippen LogP contribution in [0.2, 0.25) is 0 Å². The summed E-state index contributed by atoms with van der Waals surface area (Å²) in [6.07, 6.45) is 6.58. The second-order valence-electron chi connectivity index (χ2n) is 4.40. The van der Waals surface area contributed by atoms with Crippen molar-refractivity contribution in [2.45, 2.75) is 44.2 Å². The first-order valence-corrected chi connectivity index (χ1v) is 6.69. The molecule has 3 nitrogen and oxygen atoms in total. The fourth-order valence-corrected chi connectivity index (χ4v) is 2.38. The van der Waals surface area contributed by atoms with E-state index in [0.717, 1.165) is 25.7 Å². The molecule has 0 spiro atoms. The molecule has 1 saturated carbocycles. The molecule has 0 radical (unpaired) electrons. The number of pyridine rings is 1. The number of hydrogen-bond donors (Lipinski definition) is 1. The highest BCUT2D eigenvalue weighted by Gasteiger charge is 2.23. The minimum atomic E-state index is -0.448. The second kappa shape index (κ2) is 5.78. The Morgan fingerprint density at radius 1 is 1.35 bits per heavy atom. The summed E-state index contributed by atoms with van der Waals surface area (Å²) in [6.45, 7) is 0. The molecule has 0 aliphatic heterocycles. The number of halogens is 2. The van der Waals surface area contributed by atoms with Crippen LogP contribution in [-0.2, 0) is 0 Å². The van der Waals surface area contributed by atoms with Gasteiger partial charge in [-0.1, -0.05) is 12.8 Å². The van der Waals surface area contributed by atoms with Crippen molar-refractivity contribution in [2.75, 3.05) is 0 Å². The summed E-state index contributed by atoms with van der Waals surface area (Å²) in [6, 6.07) is 1.33. The molecule has 2 atom stereocenters. The molecule has 1 aliphatic rings. The van der Waals surface area contributed by atoms with Crippen molar-refractivity contribution in [1.29, 1.82) is 0 Å². The Morgan fingerprint density at radius 3 is 2.88 bits per heavy atom. The normalized spacial score (nSPS) is 25.4. The van der Waals surface area contributed by atoms with Crippen LogP contribution in [0.15, 0.2) is 16.7 Å². The molecular weight excluding hydrogens is 287 g/mol. The number of hydrogen-bond acceptors (Lipinski definition) is 3. The zero-order chi connectivity index (χ0) is 12.3. The summed E-state index contributed by atoms with van der Waals surface area (Å²) in [5, 5.41) is 0. The third-order valence-electron chi connectivity index (χ3n) is 3.04. The van der Waals surface area contributed by atoms with Crippen molar-refractivity contribution in [1.82, 2.24) is 4.98 Å². The van der Waals surface area contributed by atoms with Crippen LogP contribution in [0.4, 0.5) is 4.39 Å². The lowest BCUT2D eigenvalue weighted by Crippen LogP contribution is -2.38. The third kappa shape index (κ3) is 3.39. The summed E-state index contributed by atoms with van der Waals surface area (Å²) in [4.78, 5) is 3.94. The van der Waals surface area contributed by atoms with Crippen LogP contribution in [0, 0.1) is 5.82 Å². The lowest BCUT2D eigenvalue weighted by Gasteiger charge is -2.22. The maximum absolute atomic E-state index is 13.6. The first kappa shape index (κ1) is 12.8. The van der Waals surface area contributed by atoms with Crippen LogP contribution in [0.25, 0.3) is 0 Å². The summed E-state index contributed by atoms with van der Waals surface area (Å²) in [5.41, 5.74) is 6.02. The molecule has 0 aromatic carbocycles. The fraction of sp³-hybridized carbons (Fsp3) is 0.583. The molecule has 94 valence electrons. The molecule has 1 aromatic rings. The third-order valence-corrected chi connectivity index (χ3v) is 3.47. The summed E-state index contributed by atoms with van der Waals surface area (Å²) < 4.78 is 19.8. The Morgan fingerprint density at radius 2 is 2.12 bits per heavy atom. The molecule has 2 unspecified atom stereocenters. The molecule has 1 fully saturated rings. The molecule has 0 bridgehead atoms. The van der Waals surface area contributed by atoms with E-state index in [1.165, 1.54) is 18.7 Å². The first-order chi connectivity index (χ1) is 8.16. The van der Waals surface area contributed by atoms with Gasteiger partial charge in [-0.25, -0.2) is 9.37 Å². The molecule has 17 heavy (non-hydrogen) atoms. The summed E-state index contributed by atoms with van der Waals surface area (Å²) >= 11 is 3.16. The molecule has 2 N–H and O–H groups in total. The topological polar surface area (TPSA) is 48.1 Å². The number of nitrogens with zero attached hydrogens (tertiary/aromatic N) is 1. The van der Waals surface area contributed by atoms with E-state index < -0.39 is 5.82 Å². The van der Waals surface area contributed by atoms with Crippen LogP contribution < -0.4 is 10.5 Å². The second-order valence-corrected chi connectivity index (χ2v) is 5.31. The van der Waals surface area contributed by atoms with Crippen molar-refractivity contribution in [2.24, 2.45) is 5.73 Å². The Labute approximate surface area is 109 Å². The van der Waals surface area contributed by atoms with Gasteiger partial charge >= 0.3 is 0 Å². The van der Waals surface area contributed by atoms with Gasteiger partial charge in [-0.3, -0.25) is 0 Å². The highest BCUT2D eigenvalue weighted by Crippen LogP contribution is 2.24. The van der Waals surface area contributed by atoms with E-state index in [0.29, 0.717) is 4.47 Å². The van der Waals surface area contributed by atoms with E-state index in [2.05, 4.69) is 20.9 Å². The number of ether oxygens (including phenoxy) is 1. The van der Waals surface area contributed by atoms with E-state index in [-0.39, 0.29) is 18.0 Å². The lowest BCUT2D eigenvalue weighted by molar-refractivity contribution is 0.148. The van der Waals surface area contributed by atoms with Gasteiger partial charge in [0.05, 0.1) is 0 Å². The van der Waals surface area contributed by atoms with Crippen molar-refractivity contribution < 1.29 is 9.13 Å². The van der Waals surface area contributed by atoms with E-state index in [1.54, 1.807) is 0 Å². The Balaban J connectivity index is 2.08. The van der Waals surface area contributed by atoms with Crippen LogP contribution in [0.1, 0.15) is 32.1 Å². The van der Waals surface area contributed by atoms with Gasteiger partial charge in [0, 0.05) is 16.7 Å². The van der Waals surface area contributed by atoms with Gasteiger partial charge in [-0.05, 0) is 41.3 Å². The average Bonchev–Trinajstić information content (AvgIpc) is 2.48. The Kier molecular flexibility index (Phi) is 4.34.